The van der Waals surface area contributed by atoms with E-state index < -0.39 is 35.0 Å². The van der Waals surface area contributed by atoms with E-state index in [1.54, 1.807) is 0 Å². The molecule has 0 saturated heterocycles. The summed E-state index contributed by atoms with van der Waals surface area (Å²) in [6.45, 7) is -2.46. The van der Waals surface area contributed by atoms with Crippen molar-refractivity contribution in [2.75, 3.05) is 6.50 Å². The number of aromatic hydroxyl groups is 2. The number of rotatable bonds is 4. The largest absolute Gasteiger partial charge is 0.504 e. The zero-order valence-corrected chi connectivity index (χ0v) is 6.97. The van der Waals surface area contributed by atoms with Gasteiger partial charge in [-0.05, 0) is 19.0 Å². The first kappa shape index (κ1) is 5.82. The highest BCUT2D eigenvalue weighted by Crippen LogP contribution is 2.32. The Bertz CT molecular complexity index is 480. The number of nitrogens with two attached hydrogens (primary N) is 1. The fourth-order valence-corrected chi connectivity index (χ4v) is 1.01. The number of nitro groups is 1. The molecule has 0 saturated carbocycles. The molecule has 0 aromatic heterocycles. The number of aryl methyl sites for hydroxylation is 1. The van der Waals surface area contributed by atoms with Crippen LogP contribution in [0.1, 0.15) is 8.30 Å². The van der Waals surface area contributed by atoms with Gasteiger partial charge in [0.25, 0.3) is 5.69 Å². The zero-order valence-electron chi connectivity index (χ0n) is 11.0. The van der Waals surface area contributed by atoms with E-state index in [1.807, 2.05) is 0 Å². The molecule has 0 aliphatic heterocycles. The molecule has 0 bridgehead atoms. The summed E-state index contributed by atoms with van der Waals surface area (Å²) in [6, 6.07) is 1.54. The van der Waals surface area contributed by atoms with Crippen molar-refractivity contribution >= 4 is 5.69 Å². The van der Waals surface area contributed by atoms with E-state index in [-0.39, 0.29) is 11.3 Å². The van der Waals surface area contributed by atoms with Gasteiger partial charge in [-0.1, -0.05) is 0 Å². The third-order valence-corrected chi connectivity index (χ3v) is 1.64. The topological polar surface area (TPSA) is 110 Å². The lowest BCUT2D eigenvalue weighted by Crippen LogP contribution is -2.05. The minimum absolute atomic E-state index is 0.218. The van der Waals surface area contributed by atoms with Gasteiger partial charge in [0.2, 0.25) is 0 Å². The van der Waals surface area contributed by atoms with Crippen LogP contribution in [0.2, 0.25) is 2.82 Å². The van der Waals surface area contributed by atoms with Gasteiger partial charge < -0.3 is 15.9 Å². The van der Waals surface area contributed by atoms with Crippen LogP contribution in [0.4, 0.5) is 5.69 Å². The molecule has 14 heavy (non-hydrogen) atoms. The summed E-state index contributed by atoms with van der Waals surface area (Å²) in [6.07, 6.45) is -0.649. The molecule has 0 spiro atoms. The minimum atomic E-state index is -2.46. The van der Waals surface area contributed by atoms with E-state index in [1.165, 1.54) is 0 Å². The van der Waals surface area contributed by atoms with E-state index >= 15 is 0 Å². The van der Waals surface area contributed by atoms with Gasteiger partial charge in [0.1, 0.15) is 2.82 Å². The van der Waals surface area contributed by atoms with Gasteiger partial charge in [0, 0.05) is 8.30 Å². The van der Waals surface area contributed by atoms with Crippen molar-refractivity contribution < 1.29 is 20.7 Å². The fraction of sp³-hybridized carbons (Fsp3) is 0.250. The van der Waals surface area contributed by atoms with Crippen LogP contribution in [0.15, 0.2) is 12.1 Å². The standard InChI is InChI=1S/C8H10N2O4/c9-2-1-5-3-7(11)8(12)4-6(5)10(13)14/h3-4,11-12H,1-2,9H2/i2D2/hD2. The third-order valence-electron chi connectivity index (χ3n) is 1.64. The van der Waals surface area contributed by atoms with Crippen LogP contribution in [-0.2, 0) is 6.42 Å². The molecule has 0 heterocycles. The molecular formula is C8H10N2O4. The maximum Gasteiger partial charge on any atom is 0.276 e. The second kappa shape index (κ2) is 3.93. The fourth-order valence-electron chi connectivity index (χ4n) is 1.01. The number of nitrogens with zero attached hydrogens (tertiary/aromatic N) is 1. The lowest BCUT2D eigenvalue weighted by molar-refractivity contribution is -0.385. The van der Waals surface area contributed by atoms with Gasteiger partial charge in [-0.2, -0.15) is 0 Å². The molecule has 0 radical (unpaired) electrons. The molecule has 0 fully saturated rings. The van der Waals surface area contributed by atoms with Crippen LogP contribution in [0.25, 0.3) is 0 Å². The van der Waals surface area contributed by atoms with Crippen molar-refractivity contribution in [1.29, 1.82) is 0 Å². The average Bonchev–Trinajstić information content (AvgIpc) is 2.22. The van der Waals surface area contributed by atoms with Gasteiger partial charge in [-0.15, -0.1) is 0 Å². The van der Waals surface area contributed by atoms with Crippen LogP contribution < -0.4 is 5.72 Å². The van der Waals surface area contributed by atoms with E-state index in [4.69, 9.17) is 10.7 Å². The van der Waals surface area contributed by atoms with Crippen molar-refractivity contribution in [3.8, 4) is 11.5 Å². The monoisotopic (exact) mass is 202 g/mol. The summed E-state index contributed by atoms with van der Waals surface area (Å²) < 4.78 is 28.4. The Morgan fingerprint density at radius 3 is 2.79 bits per heavy atom. The van der Waals surface area contributed by atoms with Crippen LogP contribution in [0, 0.1) is 10.1 Å². The molecule has 1 aromatic carbocycles. The predicted octanol–water partition coefficient (Wildman–Crippen LogP) is 0.507. The molecule has 0 aliphatic rings. The third kappa shape index (κ3) is 1.91. The Morgan fingerprint density at radius 2 is 2.21 bits per heavy atom. The lowest BCUT2D eigenvalue weighted by Gasteiger charge is -2.03. The summed E-state index contributed by atoms with van der Waals surface area (Å²) in [7, 11) is 0. The highest BCUT2D eigenvalue weighted by atomic mass is 16.6. The Hall–Kier alpha value is -1.82. The molecule has 6 nitrogen and oxygen atoms in total. The maximum absolute atomic E-state index is 10.7. The Balaban J connectivity index is 3.23. The van der Waals surface area contributed by atoms with E-state index in [0.717, 1.165) is 6.07 Å². The number of benzene rings is 1. The zero-order chi connectivity index (χ0) is 14.1. The van der Waals surface area contributed by atoms with Crippen LogP contribution >= 0.6 is 0 Å². The Kier molecular flexibility index (Phi) is 1.63. The Morgan fingerprint density at radius 1 is 1.57 bits per heavy atom. The second-order valence-corrected chi connectivity index (χ2v) is 2.56. The molecule has 1 rings (SSSR count). The first-order chi connectivity index (χ1) is 8.15. The highest BCUT2D eigenvalue weighted by Gasteiger charge is 2.16. The SMILES string of the molecule is [2H]N([2H])C([2H])([2H])Cc1cc(O)c(O)cc1[N+](=O)[O-]. The smallest absolute Gasteiger partial charge is 0.276 e. The number of hydrogen-bond donors (Lipinski definition) is 3. The molecule has 0 unspecified atom stereocenters. The predicted molar refractivity (Wildman–Crippen MR) is 49.2 cm³/mol. The maximum atomic E-state index is 10.7. The molecule has 4 N–H and O–H groups in total. The van der Waals surface area contributed by atoms with Crippen molar-refractivity contribution in [1.82, 2.24) is 0 Å². The first-order valence-corrected chi connectivity index (χ1v) is 3.62. The number of nitro benzene ring substituents is 1. The average molecular weight is 202 g/mol. The summed E-state index contributed by atoms with van der Waals surface area (Å²) in [4.78, 5) is 9.88. The van der Waals surface area contributed by atoms with E-state index in [0.29, 0.717) is 6.07 Å². The summed E-state index contributed by atoms with van der Waals surface area (Å²) in [5, 5.41) is 29.1. The number of phenolic OH excluding ortho intramolecular Hbond substituents is 2. The normalized spacial score (nSPS) is 15.5. The van der Waals surface area contributed by atoms with Gasteiger partial charge >= 0.3 is 0 Å². The van der Waals surface area contributed by atoms with Crippen LogP contribution in [-0.4, -0.2) is 21.6 Å². The van der Waals surface area contributed by atoms with Crippen LogP contribution in [0.3, 0.4) is 0 Å². The van der Waals surface area contributed by atoms with Gasteiger partial charge in [-0.25, -0.2) is 0 Å². The molecule has 76 valence electrons. The number of phenols is 2. The van der Waals surface area contributed by atoms with Crippen molar-refractivity contribution in [2.45, 2.75) is 6.42 Å². The van der Waals surface area contributed by atoms with Crippen molar-refractivity contribution in [3.63, 3.8) is 0 Å². The lowest BCUT2D eigenvalue weighted by atomic mass is 10.1. The molecule has 0 amide bonds. The van der Waals surface area contributed by atoms with Gasteiger partial charge in [0.15, 0.2) is 11.5 Å². The highest BCUT2D eigenvalue weighted by molar-refractivity contribution is 5.52. The van der Waals surface area contributed by atoms with E-state index in [9.17, 15) is 15.2 Å². The van der Waals surface area contributed by atoms with Crippen molar-refractivity contribution in [2.24, 2.45) is 5.72 Å². The molecule has 0 aliphatic carbocycles. The second-order valence-electron chi connectivity index (χ2n) is 2.56. The minimum Gasteiger partial charge on any atom is -0.504 e. The summed E-state index contributed by atoms with van der Waals surface area (Å²) in [5.41, 5.74) is -1.03. The molecular weight excluding hydrogens is 188 g/mol. The Labute approximate surface area is 85.5 Å². The quantitative estimate of drug-likeness (QED) is 0.374. The molecule has 6 heteroatoms. The molecule has 1 aromatic rings. The summed E-state index contributed by atoms with van der Waals surface area (Å²) >= 11 is 0. The van der Waals surface area contributed by atoms with E-state index in [2.05, 4.69) is 0 Å². The van der Waals surface area contributed by atoms with Gasteiger partial charge in [0.05, 0.1) is 11.0 Å². The summed E-state index contributed by atoms with van der Waals surface area (Å²) in [5.74, 6) is -1.33. The number of hydrogen-bond acceptors (Lipinski definition) is 5. The molecule has 0 atom stereocenters. The van der Waals surface area contributed by atoms with Crippen LogP contribution in [0.5, 0.6) is 11.5 Å². The van der Waals surface area contributed by atoms with Gasteiger partial charge in [-0.3, -0.25) is 10.1 Å². The van der Waals surface area contributed by atoms with Crippen molar-refractivity contribution in [3.05, 3.63) is 27.8 Å². The first-order valence-electron chi connectivity index (χ1n) is 5.52.